The standard InChI is InChI=1S/C12H19N3OS/c1-17-9-3-2-8-14-12(16)15-11-6-4-10(13)5-7-11/h4-7H,2-3,8-9,13H2,1H3,(H2,14,15,16). The lowest BCUT2D eigenvalue weighted by atomic mass is 10.3. The molecule has 4 N–H and O–H groups in total. The van der Waals surface area contributed by atoms with Gasteiger partial charge in [0.05, 0.1) is 0 Å². The number of unbranched alkanes of at least 4 members (excludes halogenated alkanes) is 1. The summed E-state index contributed by atoms with van der Waals surface area (Å²) in [7, 11) is 0. The van der Waals surface area contributed by atoms with Crippen molar-refractivity contribution < 1.29 is 4.79 Å². The summed E-state index contributed by atoms with van der Waals surface area (Å²) in [4.78, 5) is 11.5. The van der Waals surface area contributed by atoms with E-state index in [1.165, 1.54) is 0 Å². The van der Waals surface area contributed by atoms with Crippen molar-refractivity contribution in [1.82, 2.24) is 5.32 Å². The predicted octanol–water partition coefficient (Wildman–Crippen LogP) is 2.53. The lowest BCUT2D eigenvalue weighted by Crippen LogP contribution is -2.29. The van der Waals surface area contributed by atoms with Gasteiger partial charge in [-0.15, -0.1) is 0 Å². The van der Waals surface area contributed by atoms with Crippen LogP contribution in [-0.2, 0) is 0 Å². The Morgan fingerprint density at radius 3 is 2.65 bits per heavy atom. The number of thioether (sulfide) groups is 1. The minimum atomic E-state index is -0.168. The summed E-state index contributed by atoms with van der Waals surface area (Å²) in [5, 5.41) is 5.56. The Kier molecular flexibility index (Phi) is 6.32. The summed E-state index contributed by atoms with van der Waals surface area (Å²) in [6.45, 7) is 0.710. The van der Waals surface area contributed by atoms with Crippen LogP contribution in [0.15, 0.2) is 24.3 Å². The molecule has 0 unspecified atom stereocenters. The van der Waals surface area contributed by atoms with Crippen LogP contribution < -0.4 is 16.4 Å². The zero-order chi connectivity index (χ0) is 12.5. The van der Waals surface area contributed by atoms with Crippen LogP contribution in [0.3, 0.4) is 0 Å². The van der Waals surface area contributed by atoms with Gasteiger partial charge >= 0.3 is 6.03 Å². The van der Waals surface area contributed by atoms with E-state index in [0.29, 0.717) is 12.2 Å². The van der Waals surface area contributed by atoms with Gasteiger partial charge < -0.3 is 16.4 Å². The summed E-state index contributed by atoms with van der Waals surface area (Å²) in [5.41, 5.74) is 6.99. The SMILES string of the molecule is CSCCCCNC(=O)Nc1ccc(N)cc1. The minimum absolute atomic E-state index is 0.168. The minimum Gasteiger partial charge on any atom is -0.399 e. The lowest BCUT2D eigenvalue weighted by molar-refractivity contribution is 0.252. The van der Waals surface area contributed by atoms with E-state index in [1.54, 1.807) is 24.3 Å². The number of hydrogen-bond acceptors (Lipinski definition) is 3. The molecule has 0 heterocycles. The van der Waals surface area contributed by atoms with Crippen molar-refractivity contribution in [3.05, 3.63) is 24.3 Å². The second-order valence-electron chi connectivity index (χ2n) is 3.70. The molecule has 1 aromatic carbocycles. The van der Waals surface area contributed by atoms with Crippen molar-refractivity contribution >= 4 is 29.2 Å². The molecule has 0 saturated carbocycles. The van der Waals surface area contributed by atoms with Crippen LogP contribution in [0.2, 0.25) is 0 Å². The van der Waals surface area contributed by atoms with Crippen molar-refractivity contribution in [1.29, 1.82) is 0 Å². The zero-order valence-electron chi connectivity index (χ0n) is 10.0. The van der Waals surface area contributed by atoms with E-state index in [-0.39, 0.29) is 6.03 Å². The van der Waals surface area contributed by atoms with Gasteiger partial charge in [-0.25, -0.2) is 4.79 Å². The first-order valence-corrected chi connectivity index (χ1v) is 7.01. The number of carbonyl (C=O) groups is 1. The second kappa shape index (κ2) is 7.84. The third kappa shape index (κ3) is 6.06. The molecule has 4 nitrogen and oxygen atoms in total. The lowest BCUT2D eigenvalue weighted by Gasteiger charge is -2.07. The molecule has 0 fully saturated rings. The molecule has 5 heteroatoms. The number of nitrogens with one attached hydrogen (secondary N) is 2. The van der Waals surface area contributed by atoms with Crippen molar-refractivity contribution in [3.63, 3.8) is 0 Å². The van der Waals surface area contributed by atoms with Gasteiger partial charge in [-0.3, -0.25) is 0 Å². The molecule has 0 bridgehead atoms. The fraction of sp³-hybridized carbons (Fsp3) is 0.417. The van der Waals surface area contributed by atoms with Crippen LogP contribution in [0.4, 0.5) is 16.2 Å². The molecular formula is C12H19N3OS. The number of amides is 2. The molecule has 0 aliphatic heterocycles. The number of anilines is 2. The van der Waals surface area contributed by atoms with Gasteiger partial charge in [-0.1, -0.05) is 0 Å². The van der Waals surface area contributed by atoms with E-state index in [1.807, 2.05) is 11.8 Å². The Morgan fingerprint density at radius 2 is 2.00 bits per heavy atom. The number of urea groups is 1. The van der Waals surface area contributed by atoms with E-state index in [9.17, 15) is 4.79 Å². The molecule has 0 aliphatic rings. The molecule has 94 valence electrons. The highest BCUT2D eigenvalue weighted by Crippen LogP contribution is 2.09. The van der Waals surface area contributed by atoms with Crippen LogP contribution in [-0.4, -0.2) is 24.6 Å². The van der Waals surface area contributed by atoms with E-state index in [2.05, 4.69) is 16.9 Å². The Balaban J connectivity index is 2.18. The summed E-state index contributed by atoms with van der Waals surface area (Å²) >= 11 is 1.82. The van der Waals surface area contributed by atoms with Gasteiger partial charge in [-0.2, -0.15) is 11.8 Å². The molecule has 0 atom stereocenters. The summed E-state index contributed by atoms with van der Waals surface area (Å²) < 4.78 is 0. The van der Waals surface area contributed by atoms with Crippen LogP contribution in [0.5, 0.6) is 0 Å². The van der Waals surface area contributed by atoms with E-state index >= 15 is 0 Å². The molecule has 0 radical (unpaired) electrons. The molecular weight excluding hydrogens is 234 g/mol. The average molecular weight is 253 g/mol. The average Bonchev–Trinajstić information content (AvgIpc) is 2.32. The third-order valence-electron chi connectivity index (χ3n) is 2.23. The Hall–Kier alpha value is -1.36. The van der Waals surface area contributed by atoms with Gasteiger partial charge in [0, 0.05) is 17.9 Å². The monoisotopic (exact) mass is 253 g/mol. The maximum Gasteiger partial charge on any atom is 0.319 e. The summed E-state index contributed by atoms with van der Waals surface area (Å²) in [6, 6.07) is 6.91. The van der Waals surface area contributed by atoms with Gasteiger partial charge in [0.25, 0.3) is 0 Å². The Labute approximate surface area is 106 Å². The number of carbonyl (C=O) groups excluding carboxylic acids is 1. The fourth-order valence-corrected chi connectivity index (χ4v) is 1.81. The quantitative estimate of drug-likeness (QED) is 0.539. The number of nitrogens with two attached hydrogens (primary N) is 1. The predicted molar refractivity (Wildman–Crippen MR) is 75.5 cm³/mol. The summed E-state index contributed by atoms with van der Waals surface area (Å²) in [5.74, 6) is 1.14. The third-order valence-corrected chi connectivity index (χ3v) is 2.93. The highest BCUT2D eigenvalue weighted by Gasteiger charge is 2.00. The number of nitrogen functional groups attached to an aromatic ring is 1. The smallest absolute Gasteiger partial charge is 0.319 e. The highest BCUT2D eigenvalue weighted by molar-refractivity contribution is 7.98. The van der Waals surface area contributed by atoms with E-state index in [0.717, 1.165) is 24.3 Å². The zero-order valence-corrected chi connectivity index (χ0v) is 10.8. The van der Waals surface area contributed by atoms with Crippen LogP contribution in [0.1, 0.15) is 12.8 Å². The van der Waals surface area contributed by atoms with Crippen LogP contribution >= 0.6 is 11.8 Å². The first-order valence-electron chi connectivity index (χ1n) is 5.61. The molecule has 1 aromatic rings. The van der Waals surface area contributed by atoms with Crippen molar-refractivity contribution in [2.24, 2.45) is 0 Å². The van der Waals surface area contributed by atoms with Crippen molar-refractivity contribution in [2.45, 2.75) is 12.8 Å². The van der Waals surface area contributed by atoms with E-state index < -0.39 is 0 Å². The van der Waals surface area contributed by atoms with E-state index in [4.69, 9.17) is 5.73 Å². The Bertz CT molecular complexity index is 340. The maximum atomic E-state index is 11.5. The Morgan fingerprint density at radius 1 is 1.29 bits per heavy atom. The van der Waals surface area contributed by atoms with Crippen molar-refractivity contribution in [2.75, 3.05) is 29.6 Å². The van der Waals surface area contributed by atoms with Crippen LogP contribution in [0.25, 0.3) is 0 Å². The number of hydrogen-bond donors (Lipinski definition) is 3. The fourth-order valence-electron chi connectivity index (χ4n) is 1.32. The molecule has 1 rings (SSSR count). The highest BCUT2D eigenvalue weighted by atomic mass is 32.2. The number of rotatable bonds is 6. The van der Waals surface area contributed by atoms with Gasteiger partial charge in [0.1, 0.15) is 0 Å². The molecule has 0 aliphatic carbocycles. The van der Waals surface area contributed by atoms with Crippen LogP contribution in [0, 0.1) is 0 Å². The van der Waals surface area contributed by atoms with Gasteiger partial charge in [-0.05, 0) is 49.1 Å². The van der Waals surface area contributed by atoms with Gasteiger partial charge in [0.15, 0.2) is 0 Å². The first-order chi connectivity index (χ1) is 8.22. The molecule has 2 amide bonds. The second-order valence-corrected chi connectivity index (χ2v) is 4.69. The number of benzene rings is 1. The van der Waals surface area contributed by atoms with Gasteiger partial charge in [0.2, 0.25) is 0 Å². The maximum absolute atomic E-state index is 11.5. The largest absolute Gasteiger partial charge is 0.399 e. The molecule has 0 aromatic heterocycles. The normalized spacial score (nSPS) is 9.94. The molecule has 0 saturated heterocycles. The topological polar surface area (TPSA) is 67.2 Å². The molecule has 17 heavy (non-hydrogen) atoms. The molecule has 0 spiro atoms. The first kappa shape index (κ1) is 13.7. The van der Waals surface area contributed by atoms with Crippen molar-refractivity contribution in [3.8, 4) is 0 Å². The summed E-state index contributed by atoms with van der Waals surface area (Å²) in [6.07, 6.45) is 4.22.